The summed E-state index contributed by atoms with van der Waals surface area (Å²) in [6.07, 6.45) is 2.18. The molecule has 0 spiro atoms. The maximum Gasteiger partial charge on any atom is 0.191 e. The number of aliphatic imine (C=N–C) groups is 1. The smallest absolute Gasteiger partial charge is 0.191 e. The highest BCUT2D eigenvalue weighted by Crippen LogP contribution is 2.24. The summed E-state index contributed by atoms with van der Waals surface area (Å²) in [6, 6.07) is 5.32. The minimum Gasteiger partial charge on any atom is -0.369 e. The molecule has 0 bridgehead atoms. The van der Waals surface area contributed by atoms with Crippen LogP contribution >= 0.6 is 35.3 Å². The Morgan fingerprint density at radius 2 is 2.14 bits per heavy atom. The number of benzene rings is 1. The molecule has 1 aliphatic rings. The third kappa shape index (κ3) is 5.79. The molecule has 1 fully saturated rings. The van der Waals surface area contributed by atoms with E-state index in [1.807, 2.05) is 19.9 Å². The maximum absolute atomic E-state index is 13.4. The monoisotopic (exact) mass is 517 g/mol. The number of hydrogen-bond acceptors (Lipinski definition) is 4. The Morgan fingerprint density at radius 3 is 2.79 bits per heavy atom. The predicted octanol–water partition coefficient (Wildman–Crippen LogP) is 4.16. The fraction of sp³-hybridized carbons (Fsp3) is 0.500. The number of guanidine groups is 1. The van der Waals surface area contributed by atoms with Gasteiger partial charge in [0.1, 0.15) is 10.8 Å². The average molecular weight is 517 g/mol. The van der Waals surface area contributed by atoms with Gasteiger partial charge >= 0.3 is 0 Å². The highest BCUT2D eigenvalue weighted by molar-refractivity contribution is 14.0. The fourth-order valence-electron chi connectivity index (χ4n) is 3.45. The molecule has 2 N–H and O–H groups in total. The molecule has 1 unspecified atom stereocenters. The first-order chi connectivity index (χ1) is 13.0. The molecule has 154 valence electrons. The minimum absolute atomic E-state index is 0. The molecule has 0 aliphatic carbocycles. The van der Waals surface area contributed by atoms with Crippen LogP contribution in [-0.4, -0.2) is 37.1 Å². The number of anilines is 1. The van der Waals surface area contributed by atoms with E-state index in [2.05, 4.69) is 32.4 Å². The number of hydrogen-bond donors (Lipinski definition) is 2. The number of nitrogens with one attached hydrogen (secondary N) is 2. The zero-order chi connectivity index (χ0) is 19.4. The molecule has 2 aromatic rings. The van der Waals surface area contributed by atoms with E-state index in [-0.39, 0.29) is 29.8 Å². The van der Waals surface area contributed by atoms with Crippen LogP contribution in [0.5, 0.6) is 0 Å². The second-order valence-corrected chi connectivity index (χ2v) is 8.32. The number of aryl methyl sites for hydroxylation is 3. The Morgan fingerprint density at radius 1 is 1.36 bits per heavy atom. The van der Waals surface area contributed by atoms with Gasteiger partial charge in [-0.3, -0.25) is 4.99 Å². The van der Waals surface area contributed by atoms with Crippen molar-refractivity contribution in [2.45, 2.75) is 46.2 Å². The molecule has 1 atom stereocenters. The van der Waals surface area contributed by atoms with Crippen molar-refractivity contribution in [1.29, 1.82) is 0 Å². The molecular formula is C20H29FIN5S. The third-order valence-electron chi connectivity index (χ3n) is 4.97. The Kier molecular flexibility index (Phi) is 8.48. The Hall–Kier alpha value is -1.42. The molecule has 3 rings (SSSR count). The van der Waals surface area contributed by atoms with Gasteiger partial charge in [0.05, 0.1) is 12.2 Å². The van der Waals surface area contributed by atoms with Gasteiger partial charge in [-0.2, -0.15) is 0 Å². The van der Waals surface area contributed by atoms with Gasteiger partial charge in [0.15, 0.2) is 5.96 Å². The molecule has 2 heterocycles. The topological polar surface area (TPSA) is 52.6 Å². The van der Waals surface area contributed by atoms with Crippen LogP contribution in [0.15, 0.2) is 23.2 Å². The lowest BCUT2D eigenvalue weighted by molar-refractivity contribution is 0.467. The largest absolute Gasteiger partial charge is 0.369 e. The standard InChI is InChI=1S/C20H28FN5S.HI/c1-13-10-16(21)7-8-18(13)26-9-5-6-17(12-26)25-20(22-4)23-11-19-24-14(2)15(3)27-19;/h7-8,10,17H,5-6,9,11-12H2,1-4H3,(H2,22,23,25);1H. The first kappa shape index (κ1) is 22.9. The number of rotatable bonds is 4. The van der Waals surface area contributed by atoms with Crippen molar-refractivity contribution in [2.24, 2.45) is 4.99 Å². The predicted molar refractivity (Wildman–Crippen MR) is 127 cm³/mol. The highest BCUT2D eigenvalue weighted by atomic mass is 127. The van der Waals surface area contributed by atoms with Crippen LogP contribution < -0.4 is 15.5 Å². The number of thiazole rings is 1. The van der Waals surface area contributed by atoms with Crippen LogP contribution in [0.2, 0.25) is 0 Å². The first-order valence-electron chi connectivity index (χ1n) is 9.37. The summed E-state index contributed by atoms with van der Waals surface area (Å²) in [5, 5.41) is 7.96. The van der Waals surface area contributed by atoms with E-state index in [1.165, 1.54) is 10.9 Å². The van der Waals surface area contributed by atoms with Crippen molar-refractivity contribution in [3.05, 3.63) is 45.2 Å². The zero-order valence-corrected chi connectivity index (χ0v) is 20.0. The quantitative estimate of drug-likeness (QED) is 0.364. The van der Waals surface area contributed by atoms with Crippen molar-refractivity contribution in [3.63, 3.8) is 0 Å². The molecule has 1 aromatic heterocycles. The van der Waals surface area contributed by atoms with Crippen LogP contribution in [0.4, 0.5) is 10.1 Å². The number of nitrogens with zero attached hydrogens (tertiary/aromatic N) is 3. The molecule has 5 nitrogen and oxygen atoms in total. The minimum atomic E-state index is -0.180. The molecule has 1 aromatic carbocycles. The van der Waals surface area contributed by atoms with E-state index >= 15 is 0 Å². The molecular weight excluding hydrogens is 488 g/mol. The van der Waals surface area contributed by atoms with Crippen LogP contribution in [-0.2, 0) is 6.54 Å². The van der Waals surface area contributed by atoms with Crippen molar-refractivity contribution in [2.75, 3.05) is 25.0 Å². The molecule has 8 heteroatoms. The van der Waals surface area contributed by atoms with Gasteiger partial charge in [-0.15, -0.1) is 35.3 Å². The Bertz CT molecular complexity index is 803. The number of aromatic nitrogens is 1. The van der Waals surface area contributed by atoms with E-state index in [1.54, 1.807) is 24.5 Å². The Balaban J connectivity index is 0.00000280. The van der Waals surface area contributed by atoms with Gasteiger partial charge in [-0.25, -0.2) is 9.37 Å². The summed E-state index contributed by atoms with van der Waals surface area (Å²) in [7, 11) is 1.79. The number of piperidine rings is 1. The van der Waals surface area contributed by atoms with E-state index in [0.29, 0.717) is 12.6 Å². The third-order valence-corrected chi connectivity index (χ3v) is 6.04. The average Bonchev–Trinajstić information content (AvgIpc) is 2.96. The first-order valence-corrected chi connectivity index (χ1v) is 10.2. The molecule has 1 aliphatic heterocycles. The van der Waals surface area contributed by atoms with Gasteiger partial charge in [0.25, 0.3) is 0 Å². The van der Waals surface area contributed by atoms with Crippen molar-refractivity contribution < 1.29 is 4.39 Å². The zero-order valence-electron chi connectivity index (χ0n) is 16.9. The summed E-state index contributed by atoms with van der Waals surface area (Å²) in [6.45, 7) is 8.64. The Labute approximate surface area is 187 Å². The second-order valence-electron chi connectivity index (χ2n) is 7.04. The van der Waals surface area contributed by atoms with E-state index < -0.39 is 0 Å². The van der Waals surface area contributed by atoms with E-state index in [0.717, 1.165) is 53.8 Å². The molecule has 1 saturated heterocycles. The van der Waals surface area contributed by atoms with Gasteiger partial charge < -0.3 is 15.5 Å². The van der Waals surface area contributed by atoms with Crippen molar-refractivity contribution in [1.82, 2.24) is 15.6 Å². The fourth-order valence-corrected chi connectivity index (χ4v) is 4.32. The highest BCUT2D eigenvalue weighted by Gasteiger charge is 2.22. The second kappa shape index (κ2) is 10.4. The number of halogens is 2. The van der Waals surface area contributed by atoms with E-state index in [9.17, 15) is 4.39 Å². The van der Waals surface area contributed by atoms with Crippen molar-refractivity contribution >= 4 is 47.0 Å². The summed E-state index contributed by atoms with van der Waals surface area (Å²) in [4.78, 5) is 12.5. The summed E-state index contributed by atoms with van der Waals surface area (Å²) >= 11 is 1.72. The molecule has 0 radical (unpaired) electrons. The van der Waals surface area contributed by atoms with Crippen LogP contribution in [0.3, 0.4) is 0 Å². The molecule has 0 amide bonds. The van der Waals surface area contributed by atoms with Crippen LogP contribution in [0, 0.1) is 26.6 Å². The van der Waals surface area contributed by atoms with Gasteiger partial charge in [-0.1, -0.05) is 0 Å². The van der Waals surface area contributed by atoms with Gasteiger partial charge in [0.2, 0.25) is 0 Å². The summed E-state index contributed by atoms with van der Waals surface area (Å²) < 4.78 is 13.4. The van der Waals surface area contributed by atoms with Crippen LogP contribution in [0.25, 0.3) is 0 Å². The lowest BCUT2D eigenvalue weighted by atomic mass is 10.0. The maximum atomic E-state index is 13.4. The normalized spacial score (nSPS) is 17.2. The van der Waals surface area contributed by atoms with Crippen LogP contribution in [0.1, 0.15) is 34.0 Å². The van der Waals surface area contributed by atoms with Crippen molar-refractivity contribution in [3.8, 4) is 0 Å². The SMILES string of the molecule is CN=C(NCc1nc(C)c(C)s1)NC1CCCN(c2ccc(F)cc2C)C1.I. The molecule has 0 saturated carbocycles. The summed E-state index contributed by atoms with van der Waals surface area (Å²) in [5.74, 6) is 0.614. The summed E-state index contributed by atoms with van der Waals surface area (Å²) in [5.41, 5.74) is 3.18. The van der Waals surface area contributed by atoms with E-state index in [4.69, 9.17) is 0 Å². The van der Waals surface area contributed by atoms with Gasteiger partial charge in [-0.05, 0) is 57.4 Å². The lowest BCUT2D eigenvalue weighted by Crippen LogP contribution is -2.51. The lowest BCUT2D eigenvalue weighted by Gasteiger charge is -2.36. The van der Waals surface area contributed by atoms with Gasteiger partial charge in [0, 0.05) is 36.7 Å². The molecule has 28 heavy (non-hydrogen) atoms.